The van der Waals surface area contributed by atoms with Gasteiger partial charge < -0.3 is 10.6 Å². The zero-order valence-corrected chi connectivity index (χ0v) is 13.9. The molecule has 0 radical (unpaired) electrons. The zero-order valence-electron chi connectivity index (χ0n) is 13.9. The van der Waals surface area contributed by atoms with E-state index in [1.807, 2.05) is 18.2 Å². The van der Waals surface area contributed by atoms with Crippen LogP contribution in [0.5, 0.6) is 0 Å². The zero-order chi connectivity index (χ0) is 16.6. The van der Waals surface area contributed by atoms with E-state index in [-0.39, 0.29) is 5.91 Å². The molecule has 0 aliphatic heterocycles. The first-order valence-electron chi connectivity index (χ1n) is 8.73. The molecule has 1 fully saturated rings. The first-order valence-corrected chi connectivity index (χ1v) is 8.73. The lowest BCUT2D eigenvalue weighted by atomic mass is 9.96. The maximum atomic E-state index is 12.3. The van der Waals surface area contributed by atoms with Gasteiger partial charge in [0.25, 0.3) is 5.91 Å². The van der Waals surface area contributed by atoms with Gasteiger partial charge in [0, 0.05) is 18.8 Å². The molecule has 0 spiro atoms. The number of carbonyl (C=O) groups is 1. The van der Waals surface area contributed by atoms with E-state index in [0.717, 1.165) is 19.3 Å². The number of carbonyl (C=O) groups excluding carboxylic acids is 1. The molecule has 5 heteroatoms. The highest BCUT2D eigenvalue weighted by molar-refractivity contribution is 5.92. The number of benzene rings is 1. The Morgan fingerprint density at radius 2 is 1.88 bits per heavy atom. The number of nitrogens with zero attached hydrogens (tertiary/aromatic N) is 2. The summed E-state index contributed by atoms with van der Waals surface area (Å²) in [5.74, 6) is 0.401. The average Bonchev–Trinajstić information content (AvgIpc) is 2.64. The number of amides is 1. The van der Waals surface area contributed by atoms with Gasteiger partial charge in [-0.1, -0.05) is 49.6 Å². The number of aromatic nitrogens is 2. The van der Waals surface area contributed by atoms with E-state index in [2.05, 4.69) is 32.7 Å². The van der Waals surface area contributed by atoms with Gasteiger partial charge >= 0.3 is 0 Å². The molecule has 1 aliphatic rings. The van der Waals surface area contributed by atoms with Crippen LogP contribution < -0.4 is 10.6 Å². The third-order valence-electron chi connectivity index (χ3n) is 4.37. The van der Waals surface area contributed by atoms with Crippen LogP contribution in [0.3, 0.4) is 0 Å². The molecule has 0 saturated heterocycles. The Balaban J connectivity index is 1.51. The van der Waals surface area contributed by atoms with Crippen molar-refractivity contribution < 1.29 is 4.79 Å². The molecule has 0 unspecified atom stereocenters. The molecule has 1 amide bonds. The molecule has 0 bridgehead atoms. The second-order valence-corrected chi connectivity index (χ2v) is 6.24. The van der Waals surface area contributed by atoms with Gasteiger partial charge in [0.05, 0.1) is 0 Å². The van der Waals surface area contributed by atoms with Gasteiger partial charge in [-0.3, -0.25) is 4.79 Å². The van der Waals surface area contributed by atoms with Crippen molar-refractivity contribution in [1.29, 1.82) is 0 Å². The van der Waals surface area contributed by atoms with Gasteiger partial charge in [-0.15, -0.1) is 0 Å². The second-order valence-electron chi connectivity index (χ2n) is 6.24. The Morgan fingerprint density at radius 3 is 2.67 bits per heavy atom. The molecule has 2 N–H and O–H groups in total. The van der Waals surface area contributed by atoms with Crippen LogP contribution in [0.15, 0.2) is 42.6 Å². The minimum atomic E-state index is -0.153. The van der Waals surface area contributed by atoms with Crippen molar-refractivity contribution in [1.82, 2.24) is 15.3 Å². The molecule has 3 rings (SSSR count). The maximum absolute atomic E-state index is 12.3. The van der Waals surface area contributed by atoms with Crippen LogP contribution in [0, 0.1) is 0 Å². The van der Waals surface area contributed by atoms with Crippen molar-refractivity contribution in [2.24, 2.45) is 0 Å². The highest BCUT2D eigenvalue weighted by atomic mass is 16.1. The summed E-state index contributed by atoms with van der Waals surface area (Å²) in [7, 11) is 0. The van der Waals surface area contributed by atoms with Crippen LogP contribution in [0.1, 0.15) is 48.2 Å². The number of nitrogens with one attached hydrogen (secondary N) is 2. The lowest BCUT2D eigenvalue weighted by Crippen LogP contribution is -2.28. The van der Waals surface area contributed by atoms with Crippen molar-refractivity contribution in [3.05, 3.63) is 53.9 Å². The molecular weight excluding hydrogens is 300 g/mol. The summed E-state index contributed by atoms with van der Waals surface area (Å²) in [6, 6.07) is 12.2. The van der Waals surface area contributed by atoms with E-state index in [0.29, 0.717) is 24.2 Å². The van der Waals surface area contributed by atoms with Gasteiger partial charge in [0.1, 0.15) is 5.69 Å². The van der Waals surface area contributed by atoms with Crippen molar-refractivity contribution >= 4 is 11.9 Å². The largest absolute Gasteiger partial charge is 0.351 e. The summed E-state index contributed by atoms with van der Waals surface area (Å²) in [4.78, 5) is 20.8. The van der Waals surface area contributed by atoms with Crippen LogP contribution >= 0.6 is 0 Å². The molecule has 1 aliphatic carbocycles. The third-order valence-corrected chi connectivity index (χ3v) is 4.37. The van der Waals surface area contributed by atoms with Crippen LogP contribution in [0.4, 0.5) is 5.95 Å². The number of hydrogen-bond acceptors (Lipinski definition) is 4. The van der Waals surface area contributed by atoms with Crippen molar-refractivity contribution in [2.75, 3.05) is 11.9 Å². The quantitative estimate of drug-likeness (QED) is 0.856. The van der Waals surface area contributed by atoms with Gasteiger partial charge in [-0.2, -0.15) is 0 Å². The monoisotopic (exact) mass is 324 g/mol. The molecule has 1 aromatic heterocycles. The number of anilines is 1. The van der Waals surface area contributed by atoms with E-state index in [9.17, 15) is 4.79 Å². The van der Waals surface area contributed by atoms with Crippen molar-refractivity contribution in [3.63, 3.8) is 0 Å². The Hall–Kier alpha value is -2.43. The SMILES string of the molecule is O=C(NCCc1ccccc1)c1ccnc(NC2CCCCC2)n1. The molecule has 126 valence electrons. The summed E-state index contributed by atoms with van der Waals surface area (Å²) in [5, 5.41) is 6.28. The fourth-order valence-corrected chi connectivity index (χ4v) is 3.04. The van der Waals surface area contributed by atoms with Crippen molar-refractivity contribution in [3.8, 4) is 0 Å². The van der Waals surface area contributed by atoms with Crippen LogP contribution in [-0.2, 0) is 6.42 Å². The average molecular weight is 324 g/mol. The Bertz CT molecular complexity index is 653. The molecule has 0 atom stereocenters. The van der Waals surface area contributed by atoms with E-state index < -0.39 is 0 Å². The number of rotatable bonds is 6. The third kappa shape index (κ3) is 4.78. The van der Waals surface area contributed by atoms with E-state index in [1.54, 1.807) is 12.3 Å². The van der Waals surface area contributed by atoms with Crippen LogP contribution in [0.25, 0.3) is 0 Å². The second kappa shape index (κ2) is 8.43. The first-order chi connectivity index (χ1) is 11.8. The van der Waals surface area contributed by atoms with Gasteiger partial charge in [-0.05, 0) is 30.9 Å². The Kier molecular flexibility index (Phi) is 5.77. The lowest BCUT2D eigenvalue weighted by Gasteiger charge is -2.22. The van der Waals surface area contributed by atoms with Gasteiger partial charge in [0.15, 0.2) is 0 Å². The van der Waals surface area contributed by atoms with Gasteiger partial charge in [0.2, 0.25) is 5.95 Å². The predicted octanol–water partition coefficient (Wildman–Crippen LogP) is 3.19. The van der Waals surface area contributed by atoms with E-state index in [4.69, 9.17) is 0 Å². The molecule has 1 aromatic carbocycles. The maximum Gasteiger partial charge on any atom is 0.270 e. The molecular formula is C19H24N4O. The highest BCUT2D eigenvalue weighted by Gasteiger charge is 2.15. The molecule has 1 heterocycles. The summed E-state index contributed by atoms with van der Waals surface area (Å²) in [5.41, 5.74) is 1.62. The smallest absolute Gasteiger partial charge is 0.270 e. The van der Waals surface area contributed by atoms with E-state index in [1.165, 1.54) is 24.8 Å². The molecule has 1 saturated carbocycles. The molecule has 5 nitrogen and oxygen atoms in total. The summed E-state index contributed by atoms with van der Waals surface area (Å²) in [6.45, 7) is 0.595. The topological polar surface area (TPSA) is 66.9 Å². The minimum Gasteiger partial charge on any atom is -0.351 e. The Morgan fingerprint density at radius 1 is 1.08 bits per heavy atom. The fourth-order valence-electron chi connectivity index (χ4n) is 3.04. The summed E-state index contributed by atoms with van der Waals surface area (Å²) in [6.07, 6.45) is 8.56. The van der Waals surface area contributed by atoms with Crippen LogP contribution in [-0.4, -0.2) is 28.5 Å². The van der Waals surface area contributed by atoms with E-state index >= 15 is 0 Å². The minimum absolute atomic E-state index is 0.153. The first kappa shape index (κ1) is 16.4. The van der Waals surface area contributed by atoms with Crippen molar-refractivity contribution in [2.45, 2.75) is 44.6 Å². The van der Waals surface area contributed by atoms with Gasteiger partial charge in [-0.25, -0.2) is 9.97 Å². The van der Waals surface area contributed by atoms with Crippen LogP contribution in [0.2, 0.25) is 0 Å². The predicted molar refractivity (Wildman–Crippen MR) is 95.0 cm³/mol. The lowest BCUT2D eigenvalue weighted by molar-refractivity contribution is 0.0949. The molecule has 24 heavy (non-hydrogen) atoms. The molecule has 2 aromatic rings. The number of hydrogen-bond donors (Lipinski definition) is 2. The summed E-state index contributed by atoms with van der Waals surface area (Å²) >= 11 is 0. The normalized spacial score (nSPS) is 15.0. The Labute approximate surface area is 142 Å². The highest BCUT2D eigenvalue weighted by Crippen LogP contribution is 2.20. The standard InChI is InChI=1S/C19H24N4O/c24-18(20-13-11-15-7-3-1-4-8-15)17-12-14-21-19(23-17)22-16-9-5-2-6-10-16/h1,3-4,7-8,12,14,16H,2,5-6,9-11,13H2,(H,20,24)(H,21,22,23). The fraction of sp³-hybridized carbons (Fsp3) is 0.421. The summed E-state index contributed by atoms with van der Waals surface area (Å²) < 4.78 is 0.